The van der Waals surface area contributed by atoms with E-state index in [4.69, 9.17) is 34.2 Å². The molecule has 0 saturated carbocycles. The molecular formula is C11H6Cl2N4. The van der Waals surface area contributed by atoms with Crippen LogP contribution in [0.1, 0.15) is 5.69 Å². The summed E-state index contributed by atoms with van der Waals surface area (Å²) in [6.45, 7) is 0. The summed E-state index contributed by atoms with van der Waals surface area (Å²) in [6.07, 6.45) is 1.47. The molecule has 2 aromatic rings. The number of benzene rings is 1. The molecule has 0 fully saturated rings. The van der Waals surface area contributed by atoms with Crippen molar-refractivity contribution in [3.8, 4) is 17.3 Å². The van der Waals surface area contributed by atoms with Crippen molar-refractivity contribution in [3.63, 3.8) is 0 Å². The van der Waals surface area contributed by atoms with Crippen LogP contribution in [0, 0.1) is 11.3 Å². The monoisotopic (exact) mass is 264 g/mol. The quantitative estimate of drug-likeness (QED) is 0.860. The molecule has 0 atom stereocenters. The Morgan fingerprint density at radius 1 is 1.18 bits per heavy atom. The van der Waals surface area contributed by atoms with E-state index >= 15 is 0 Å². The summed E-state index contributed by atoms with van der Waals surface area (Å²) in [5, 5.41) is 9.80. The number of nitrogens with two attached hydrogens (primary N) is 1. The predicted octanol–water partition coefficient (Wildman–Crippen LogP) is 2.90. The van der Waals surface area contributed by atoms with Gasteiger partial charge < -0.3 is 5.73 Å². The molecule has 0 amide bonds. The SMILES string of the molecule is N#Cc1nc(-c2cc(Cl)cc(Cl)c2)cnc1N. The summed E-state index contributed by atoms with van der Waals surface area (Å²) < 4.78 is 0. The van der Waals surface area contributed by atoms with Gasteiger partial charge in [-0.2, -0.15) is 5.26 Å². The third-order valence-corrected chi connectivity index (χ3v) is 2.50. The Morgan fingerprint density at radius 2 is 1.82 bits per heavy atom. The van der Waals surface area contributed by atoms with Crippen LogP contribution in [0.25, 0.3) is 11.3 Å². The molecule has 0 aliphatic rings. The second kappa shape index (κ2) is 4.58. The zero-order valence-electron chi connectivity index (χ0n) is 8.48. The fourth-order valence-electron chi connectivity index (χ4n) is 1.32. The van der Waals surface area contributed by atoms with Crippen molar-refractivity contribution in [3.05, 3.63) is 40.1 Å². The van der Waals surface area contributed by atoms with Crippen LogP contribution in [-0.2, 0) is 0 Å². The van der Waals surface area contributed by atoms with E-state index in [-0.39, 0.29) is 11.5 Å². The average molecular weight is 265 g/mol. The maximum Gasteiger partial charge on any atom is 0.183 e. The van der Waals surface area contributed by atoms with Gasteiger partial charge in [0, 0.05) is 15.6 Å². The van der Waals surface area contributed by atoms with Gasteiger partial charge in [0.15, 0.2) is 11.5 Å². The lowest BCUT2D eigenvalue weighted by Gasteiger charge is -2.03. The van der Waals surface area contributed by atoms with E-state index in [9.17, 15) is 0 Å². The van der Waals surface area contributed by atoms with Crippen LogP contribution in [0.2, 0.25) is 10.0 Å². The van der Waals surface area contributed by atoms with Crippen molar-refractivity contribution >= 4 is 29.0 Å². The fourth-order valence-corrected chi connectivity index (χ4v) is 1.85. The molecule has 84 valence electrons. The van der Waals surface area contributed by atoms with Crippen LogP contribution in [0.4, 0.5) is 5.82 Å². The van der Waals surface area contributed by atoms with Crippen molar-refractivity contribution in [2.24, 2.45) is 0 Å². The van der Waals surface area contributed by atoms with E-state index in [1.807, 2.05) is 6.07 Å². The Labute approximate surface area is 108 Å². The first kappa shape index (κ1) is 11.6. The van der Waals surface area contributed by atoms with Crippen LogP contribution >= 0.6 is 23.2 Å². The zero-order chi connectivity index (χ0) is 12.4. The highest BCUT2D eigenvalue weighted by molar-refractivity contribution is 6.35. The smallest absolute Gasteiger partial charge is 0.183 e. The van der Waals surface area contributed by atoms with E-state index in [1.165, 1.54) is 6.20 Å². The lowest BCUT2D eigenvalue weighted by atomic mass is 10.1. The van der Waals surface area contributed by atoms with Crippen LogP contribution in [0.5, 0.6) is 0 Å². The molecule has 6 heteroatoms. The molecule has 2 rings (SSSR count). The van der Waals surface area contributed by atoms with E-state index in [2.05, 4.69) is 9.97 Å². The van der Waals surface area contributed by atoms with Gasteiger partial charge in [0.25, 0.3) is 0 Å². The van der Waals surface area contributed by atoms with Crippen molar-refractivity contribution in [1.82, 2.24) is 9.97 Å². The summed E-state index contributed by atoms with van der Waals surface area (Å²) in [6, 6.07) is 6.86. The van der Waals surface area contributed by atoms with Gasteiger partial charge in [0.05, 0.1) is 11.9 Å². The lowest BCUT2D eigenvalue weighted by Crippen LogP contribution is -1.98. The Morgan fingerprint density at radius 3 is 2.41 bits per heavy atom. The highest BCUT2D eigenvalue weighted by atomic mass is 35.5. The molecule has 17 heavy (non-hydrogen) atoms. The standard InChI is InChI=1S/C11H6Cl2N4/c12-7-1-6(2-8(13)3-7)10-5-16-11(15)9(4-14)17-10/h1-3,5H,(H2,15,16). The number of hydrogen-bond donors (Lipinski definition) is 1. The number of halogens is 2. The van der Waals surface area contributed by atoms with Gasteiger partial charge in [0.1, 0.15) is 6.07 Å². The zero-order valence-corrected chi connectivity index (χ0v) is 10.00. The molecular weight excluding hydrogens is 259 g/mol. The first-order valence-corrected chi connectivity index (χ1v) is 5.35. The molecule has 0 aliphatic carbocycles. The van der Waals surface area contributed by atoms with Gasteiger partial charge in [-0.05, 0) is 18.2 Å². The van der Waals surface area contributed by atoms with Crippen LogP contribution < -0.4 is 5.73 Å². The van der Waals surface area contributed by atoms with E-state index in [0.29, 0.717) is 21.3 Å². The Bertz CT molecular complexity index is 599. The minimum atomic E-state index is 0.0820. The molecule has 0 saturated heterocycles. The highest BCUT2D eigenvalue weighted by Crippen LogP contribution is 2.26. The van der Waals surface area contributed by atoms with Crippen LogP contribution in [0.15, 0.2) is 24.4 Å². The minimum Gasteiger partial charge on any atom is -0.381 e. The molecule has 0 aliphatic heterocycles. The molecule has 1 aromatic heterocycles. The van der Waals surface area contributed by atoms with Gasteiger partial charge in [-0.1, -0.05) is 23.2 Å². The van der Waals surface area contributed by atoms with Gasteiger partial charge in [0.2, 0.25) is 0 Å². The fraction of sp³-hybridized carbons (Fsp3) is 0. The third-order valence-electron chi connectivity index (χ3n) is 2.07. The van der Waals surface area contributed by atoms with Crippen LogP contribution in [0.3, 0.4) is 0 Å². The molecule has 0 spiro atoms. The number of aromatic nitrogens is 2. The molecule has 1 aromatic carbocycles. The molecule has 0 bridgehead atoms. The maximum atomic E-state index is 8.81. The number of nitrogens with zero attached hydrogens (tertiary/aromatic N) is 3. The maximum absolute atomic E-state index is 8.81. The van der Waals surface area contributed by atoms with Gasteiger partial charge in [-0.25, -0.2) is 9.97 Å². The van der Waals surface area contributed by atoms with Gasteiger partial charge >= 0.3 is 0 Å². The number of hydrogen-bond acceptors (Lipinski definition) is 4. The summed E-state index contributed by atoms with van der Waals surface area (Å²) >= 11 is 11.8. The van der Waals surface area contributed by atoms with E-state index in [1.54, 1.807) is 18.2 Å². The lowest BCUT2D eigenvalue weighted by molar-refractivity contribution is 1.18. The minimum absolute atomic E-state index is 0.0820. The molecule has 2 N–H and O–H groups in total. The summed E-state index contributed by atoms with van der Waals surface area (Å²) in [5.41, 5.74) is 6.76. The topological polar surface area (TPSA) is 75.6 Å². The largest absolute Gasteiger partial charge is 0.381 e. The van der Waals surface area contributed by atoms with Gasteiger partial charge in [-0.3, -0.25) is 0 Å². The predicted molar refractivity (Wildman–Crippen MR) is 66.6 cm³/mol. The van der Waals surface area contributed by atoms with Crippen molar-refractivity contribution < 1.29 is 0 Å². The molecule has 0 radical (unpaired) electrons. The van der Waals surface area contributed by atoms with Crippen molar-refractivity contribution in [1.29, 1.82) is 5.26 Å². The summed E-state index contributed by atoms with van der Waals surface area (Å²) in [5.74, 6) is 0.101. The molecule has 1 heterocycles. The molecule has 0 unspecified atom stereocenters. The number of anilines is 1. The number of nitrogen functional groups attached to an aromatic ring is 1. The van der Waals surface area contributed by atoms with Crippen LogP contribution in [-0.4, -0.2) is 9.97 Å². The Kier molecular flexibility index (Phi) is 3.14. The summed E-state index contributed by atoms with van der Waals surface area (Å²) in [7, 11) is 0. The van der Waals surface area contributed by atoms with Gasteiger partial charge in [-0.15, -0.1) is 0 Å². The van der Waals surface area contributed by atoms with E-state index < -0.39 is 0 Å². The number of nitriles is 1. The first-order chi connectivity index (χ1) is 8.10. The molecule has 4 nitrogen and oxygen atoms in total. The average Bonchev–Trinajstić information content (AvgIpc) is 2.28. The third kappa shape index (κ3) is 2.47. The highest BCUT2D eigenvalue weighted by Gasteiger charge is 2.07. The van der Waals surface area contributed by atoms with E-state index in [0.717, 1.165) is 0 Å². The first-order valence-electron chi connectivity index (χ1n) is 4.59. The Hall–Kier alpha value is -1.83. The Balaban J connectivity index is 2.57. The van der Waals surface area contributed by atoms with Crippen molar-refractivity contribution in [2.75, 3.05) is 5.73 Å². The second-order valence-corrected chi connectivity index (χ2v) is 4.13. The second-order valence-electron chi connectivity index (χ2n) is 3.26. The van der Waals surface area contributed by atoms with Crippen molar-refractivity contribution in [2.45, 2.75) is 0 Å². The normalized spacial score (nSPS) is 9.94. The summed E-state index contributed by atoms with van der Waals surface area (Å²) in [4.78, 5) is 7.97. The number of rotatable bonds is 1.